The van der Waals surface area contributed by atoms with Crippen molar-refractivity contribution in [2.24, 2.45) is 0 Å². The topological polar surface area (TPSA) is 17.1 Å². The fourth-order valence-corrected chi connectivity index (χ4v) is 3.56. The third-order valence-corrected chi connectivity index (χ3v) is 5.95. The van der Waals surface area contributed by atoms with Gasteiger partial charge in [-0.3, -0.25) is 4.79 Å². The van der Waals surface area contributed by atoms with Crippen molar-refractivity contribution in [2.75, 3.05) is 0 Å². The van der Waals surface area contributed by atoms with Crippen molar-refractivity contribution in [1.82, 2.24) is 0 Å². The van der Waals surface area contributed by atoms with Gasteiger partial charge in [0.1, 0.15) is 0 Å². The van der Waals surface area contributed by atoms with E-state index >= 15 is 0 Å². The van der Waals surface area contributed by atoms with Crippen LogP contribution >= 0.6 is 58.0 Å². The molecule has 1 atom stereocenters. The third-order valence-electron chi connectivity index (χ3n) is 4.22. The van der Waals surface area contributed by atoms with Gasteiger partial charge >= 0.3 is 0 Å². The monoisotopic (exact) mass is 456 g/mol. The highest BCUT2D eigenvalue weighted by Crippen LogP contribution is 2.32. The minimum absolute atomic E-state index is 0.0453. The van der Waals surface area contributed by atoms with Crippen LogP contribution in [-0.2, 0) is 6.42 Å². The second-order valence-electron chi connectivity index (χ2n) is 6.05. The van der Waals surface area contributed by atoms with Gasteiger partial charge in [0.2, 0.25) is 0 Å². The molecule has 3 aromatic carbocycles. The van der Waals surface area contributed by atoms with Crippen molar-refractivity contribution < 1.29 is 4.79 Å². The van der Waals surface area contributed by atoms with E-state index in [-0.39, 0.29) is 5.78 Å². The van der Waals surface area contributed by atoms with Gasteiger partial charge in [0.05, 0.1) is 26.0 Å². The summed E-state index contributed by atoms with van der Waals surface area (Å²) in [6, 6.07) is 17.4. The molecule has 0 aliphatic heterocycles. The van der Waals surface area contributed by atoms with Crippen LogP contribution < -0.4 is 0 Å². The lowest BCUT2D eigenvalue weighted by molar-refractivity contribution is 0.0959. The zero-order valence-corrected chi connectivity index (χ0v) is 17.6. The first-order valence-corrected chi connectivity index (χ1v) is 9.93. The molecule has 3 aromatic rings. The highest BCUT2D eigenvalue weighted by molar-refractivity contribution is 6.42. The van der Waals surface area contributed by atoms with E-state index in [4.69, 9.17) is 58.0 Å². The second kappa shape index (κ2) is 8.86. The lowest BCUT2D eigenvalue weighted by atomic mass is 9.85. The van der Waals surface area contributed by atoms with Crippen LogP contribution in [0.25, 0.3) is 0 Å². The first kappa shape index (κ1) is 20.5. The van der Waals surface area contributed by atoms with E-state index in [2.05, 4.69) is 0 Å². The van der Waals surface area contributed by atoms with Gasteiger partial charge in [0.15, 0.2) is 5.78 Å². The Morgan fingerprint density at radius 2 is 1.30 bits per heavy atom. The van der Waals surface area contributed by atoms with Gasteiger partial charge in [0.25, 0.3) is 0 Å². The minimum atomic E-state index is -0.460. The van der Waals surface area contributed by atoms with E-state index in [1.807, 2.05) is 12.1 Å². The van der Waals surface area contributed by atoms with Crippen molar-refractivity contribution >= 4 is 63.8 Å². The fraction of sp³-hybridized carbons (Fsp3) is 0.0952. The molecule has 0 amide bonds. The molecule has 0 heterocycles. The molecule has 0 saturated carbocycles. The molecular formula is C21H13Cl5O. The van der Waals surface area contributed by atoms with E-state index in [0.29, 0.717) is 37.1 Å². The molecule has 3 rings (SSSR count). The summed E-state index contributed by atoms with van der Waals surface area (Å²) in [5.74, 6) is -0.505. The molecule has 0 radical (unpaired) electrons. The summed E-state index contributed by atoms with van der Waals surface area (Å²) in [6.07, 6.45) is 0.441. The average Bonchev–Trinajstić information content (AvgIpc) is 2.65. The first-order chi connectivity index (χ1) is 12.8. The highest BCUT2D eigenvalue weighted by Gasteiger charge is 2.23. The summed E-state index contributed by atoms with van der Waals surface area (Å²) in [5, 5.41) is 2.32. The molecular weight excluding hydrogens is 445 g/mol. The zero-order valence-electron chi connectivity index (χ0n) is 13.9. The number of rotatable bonds is 5. The van der Waals surface area contributed by atoms with Crippen LogP contribution in [0.5, 0.6) is 0 Å². The summed E-state index contributed by atoms with van der Waals surface area (Å²) in [7, 11) is 0. The van der Waals surface area contributed by atoms with E-state index < -0.39 is 5.92 Å². The minimum Gasteiger partial charge on any atom is -0.293 e. The predicted molar refractivity (Wildman–Crippen MR) is 115 cm³/mol. The van der Waals surface area contributed by atoms with Crippen LogP contribution in [0.3, 0.4) is 0 Å². The van der Waals surface area contributed by atoms with Crippen LogP contribution in [0.15, 0.2) is 60.7 Å². The molecule has 0 spiro atoms. The summed E-state index contributed by atoms with van der Waals surface area (Å²) in [4.78, 5) is 13.2. The standard InChI is InChI=1S/C21H13Cl5O/c22-15-5-2-13(3-6-15)21(27)16(14-4-8-18(24)20(26)11-14)9-12-1-7-17(23)19(25)10-12/h1-8,10-11,16H,9H2. The van der Waals surface area contributed by atoms with Gasteiger partial charge in [0, 0.05) is 10.6 Å². The molecule has 0 N–H and O–H groups in total. The van der Waals surface area contributed by atoms with Gasteiger partial charge in [-0.05, 0) is 66.1 Å². The summed E-state index contributed by atoms with van der Waals surface area (Å²) in [5.41, 5.74) is 2.23. The normalized spacial score (nSPS) is 12.0. The Hall–Kier alpha value is -1.22. The van der Waals surface area contributed by atoms with Gasteiger partial charge in [-0.2, -0.15) is 0 Å². The molecule has 0 aliphatic carbocycles. The highest BCUT2D eigenvalue weighted by atomic mass is 35.5. The first-order valence-electron chi connectivity index (χ1n) is 8.04. The number of hydrogen-bond acceptors (Lipinski definition) is 1. The van der Waals surface area contributed by atoms with Crippen LogP contribution in [0.4, 0.5) is 0 Å². The third kappa shape index (κ3) is 4.99. The molecule has 27 heavy (non-hydrogen) atoms. The van der Waals surface area contributed by atoms with Gasteiger partial charge < -0.3 is 0 Å². The molecule has 0 aromatic heterocycles. The van der Waals surface area contributed by atoms with E-state index in [0.717, 1.165) is 11.1 Å². The number of benzene rings is 3. The van der Waals surface area contributed by atoms with Crippen LogP contribution in [-0.4, -0.2) is 5.78 Å². The van der Waals surface area contributed by atoms with Crippen LogP contribution in [0.2, 0.25) is 25.1 Å². The maximum atomic E-state index is 13.2. The number of hydrogen-bond donors (Lipinski definition) is 0. The molecule has 0 saturated heterocycles. The zero-order chi connectivity index (χ0) is 19.6. The summed E-state index contributed by atoms with van der Waals surface area (Å²) < 4.78 is 0. The quantitative estimate of drug-likeness (QED) is 0.353. The van der Waals surface area contributed by atoms with Crippen molar-refractivity contribution in [3.05, 3.63) is 102 Å². The van der Waals surface area contributed by atoms with Crippen LogP contribution in [0, 0.1) is 0 Å². The smallest absolute Gasteiger partial charge is 0.170 e. The van der Waals surface area contributed by atoms with Gasteiger partial charge in [-0.1, -0.05) is 70.1 Å². The Balaban J connectivity index is 2.01. The molecule has 0 fully saturated rings. The molecule has 138 valence electrons. The Kier molecular flexibility index (Phi) is 6.73. The van der Waals surface area contributed by atoms with Gasteiger partial charge in [-0.15, -0.1) is 0 Å². The second-order valence-corrected chi connectivity index (χ2v) is 8.12. The SMILES string of the molecule is O=C(c1ccc(Cl)cc1)C(Cc1ccc(Cl)c(Cl)c1)c1ccc(Cl)c(Cl)c1. The Bertz CT molecular complexity index is 982. The Morgan fingerprint density at radius 3 is 1.89 bits per heavy atom. The van der Waals surface area contributed by atoms with Crippen molar-refractivity contribution in [3.8, 4) is 0 Å². The number of carbonyl (C=O) groups excluding carboxylic acids is 1. The molecule has 0 aliphatic rings. The largest absolute Gasteiger partial charge is 0.293 e. The maximum absolute atomic E-state index is 13.2. The molecule has 0 bridgehead atoms. The average molecular weight is 459 g/mol. The molecule has 1 nitrogen and oxygen atoms in total. The van der Waals surface area contributed by atoms with E-state index in [9.17, 15) is 4.79 Å². The number of halogens is 5. The Labute approximate surface area is 182 Å². The van der Waals surface area contributed by atoms with Crippen molar-refractivity contribution in [1.29, 1.82) is 0 Å². The van der Waals surface area contributed by atoms with Gasteiger partial charge in [-0.25, -0.2) is 0 Å². The number of ketones is 1. The molecule has 6 heteroatoms. The number of carbonyl (C=O) groups is 1. The van der Waals surface area contributed by atoms with Crippen LogP contribution in [0.1, 0.15) is 27.4 Å². The van der Waals surface area contributed by atoms with E-state index in [1.165, 1.54) is 0 Å². The van der Waals surface area contributed by atoms with Crippen molar-refractivity contribution in [2.45, 2.75) is 12.3 Å². The maximum Gasteiger partial charge on any atom is 0.170 e. The van der Waals surface area contributed by atoms with Crippen molar-refractivity contribution in [3.63, 3.8) is 0 Å². The Morgan fingerprint density at radius 1 is 0.704 bits per heavy atom. The summed E-state index contributed by atoms with van der Waals surface area (Å²) in [6.45, 7) is 0. The summed E-state index contributed by atoms with van der Waals surface area (Å²) >= 11 is 30.3. The molecule has 1 unspecified atom stereocenters. The lowest BCUT2D eigenvalue weighted by Crippen LogP contribution is -2.16. The van der Waals surface area contributed by atoms with E-state index in [1.54, 1.807) is 48.5 Å². The fourth-order valence-electron chi connectivity index (χ4n) is 2.81. The number of Topliss-reactive ketones (excluding diaryl/α,β-unsaturated/α-hetero) is 1. The lowest BCUT2D eigenvalue weighted by Gasteiger charge is -2.18. The predicted octanol–water partition coefficient (Wildman–Crippen LogP) is 8.16.